The number of rotatable bonds is 3. The van der Waals surface area contributed by atoms with Gasteiger partial charge in [-0.3, -0.25) is 0 Å². The summed E-state index contributed by atoms with van der Waals surface area (Å²) >= 11 is 5.58. The normalized spacial score (nSPS) is 25.9. The predicted octanol–water partition coefficient (Wildman–Crippen LogP) is 1.92. The van der Waals surface area contributed by atoms with Gasteiger partial charge in [0.1, 0.15) is 4.90 Å². The molecule has 0 bridgehead atoms. The van der Waals surface area contributed by atoms with E-state index in [0.717, 1.165) is 6.07 Å². The Kier molecular flexibility index (Phi) is 3.64. The molecule has 0 amide bonds. The number of benzene rings is 1. The molecule has 4 nitrogen and oxygen atoms in total. The van der Waals surface area contributed by atoms with Crippen molar-refractivity contribution in [3.63, 3.8) is 0 Å². The first-order valence-corrected chi connectivity index (χ1v) is 7.67. The summed E-state index contributed by atoms with van der Waals surface area (Å²) in [7, 11) is -3.99. The van der Waals surface area contributed by atoms with Gasteiger partial charge in [0.15, 0.2) is 5.82 Å². The van der Waals surface area contributed by atoms with Crippen molar-refractivity contribution < 1.29 is 17.9 Å². The smallest absolute Gasteiger partial charge is 0.243 e. The molecule has 0 spiro atoms. The molecule has 1 aliphatic carbocycles. The molecule has 0 aliphatic heterocycles. The van der Waals surface area contributed by atoms with E-state index in [2.05, 4.69) is 4.72 Å². The SMILES string of the molecule is CC1(C)C(O)CC1NS(=O)(=O)c1cccc(Cl)c1F. The molecule has 1 aliphatic rings. The lowest BCUT2D eigenvalue weighted by molar-refractivity contribution is -0.0645. The topological polar surface area (TPSA) is 66.4 Å². The van der Waals surface area contributed by atoms with Crippen LogP contribution in [0.25, 0.3) is 0 Å². The largest absolute Gasteiger partial charge is 0.392 e. The third-order valence-corrected chi connectivity index (χ3v) is 5.50. The number of nitrogens with one attached hydrogen (secondary N) is 1. The second-order valence-corrected chi connectivity index (χ2v) is 7.39. The van der Waals surface area contributed by atoms with E-state index in [9.17, 15) is 17.9 Å². The summed E-state index contributed by atoms with van der Waals surface area (Å²) in [5.41, 5.74) is -0.567. The molecule has 0 saturated heterocycles. The fourth-order valence-corrected chi connectivity index (χ4v) is 3.78. The van der Waals surface area contributed by atoms with Gasteiger partial charge in [-0.15, -0.1) is 0 Å². The lowest BCUT2D eigenvalue weighted by Crippen LogP contribution is -2.61. The van der Waals surface area contributed by atoms with Gasteiger partial charge >= 0.3 is 0 Å². The van der Waals surface area contributed by atoms with E-state index in [1.165, 1.54) is 12.1 Å². The van der Waals surface area contributed by atoms with Gasteiger partial charge in [-0.2, -0.15) is 0 Å². The first-order valence-electron chi connectivity index (χ1n) is 5.80. The third-order valence-electron chi connectivity index (χ3n) is 3.72. The van der Waals surface area contributed by atoms with Crippen LogP contribution in [0, 0.1) is 11.2 Å². The summed E-state index contributed by atoms with van der Waals surface area (Å²) in [6.07, 6.45) is -0.251. The van der Waals surface area contributed by atoms with Crippen molar-refractivity contribution in [3.05, 3.63) is 29.0 Å². The molecule has 1 fully saturated rings. The second kappa shape index (κ2) is 4.70. The molecule has 2 rings (SSSR count). The maximum Gasteiger partial charge on any atom is 0.243 e. The lowest BCUT2D eigenvalue weighted by Gasteiger charge is -2.49. The van der Waals surface area contributed by atoms with Crippen LogP contribution in [0.2, 0.25) is 5.02 Å². The average Bonchev–Trinajstić information content (AvgIpc) is 2.32. The highest BCUT2D eigenvalue weighted by Gasteiger charge is 2.49. The minimum atomic E-state index is -3.99. The summed E-state index contributed by atoms with van der Waals surface area (Å²) < 4.78 is 40.4. The van der Waals surface area contributed by atoms with E-state index in [1.54, 1.807) is 13.8 Å². The summed E-state index contributed by atoms with van der Waals surface area (Å²) in [5, 5.41) is 9.34. The first kappa shape index (κ1) is 14.7. The molecule has 0 radical (unpaired) electrons. The average molecular weight is 308 g/mol. The minimum absolute atomic E-state index is 0.240. The molecule has 0 heterocycles. The fourth-order valence-electron chi connectivity index (χ4n) is 2.04. The van der Waals surface area contributed by atoms with Crippen molar-refractivity contribution in [1.82, 2.24) is 4.72 Å². The van der Waals surface area contributed by atoms with Crippen molar-refractivity contribution in [3.8, 4) is 0 Å². The van der Waals surface area contributed by atoms with Gasteiger partial charge in [0, 0.05) is 11.5 Å². The van der Waals surface area contributed by atoms with Crippen LogP contribution in [0.15, 0.2) is 23.1 Å². The van der Waals surface area contributed by atoms with E-state index < -0.39 is 38.3 Å². The number of aliphatic hydroxyl groups is 1. The van der Waals surface area contributed by atoms with Crippen molar-refractivity contribution >= 4 is 21.6 Å². The van der Waals surface area contributed by atoms with Crippen molar-refractivity contribution in [2.45, 2.75) is 37.3 Å². The fraction of sp³-hybridized carbons (Fsp3) is 0.500. The van der Waals surface area contributed by atoms with Gasteiger partial charge in [0.25, 0.3) is 0 Å². The van der Waals surface area contributed by atoms with Crippen LogP contribution in [0.3, 0.4) is 0 Å². The van der Waals surface area contributed by atoms with Gasteiger partial charge in [-0.1, -0.05) is 31.5 Å². The number of hydrogen-bond acceptors (Lipinski definition) is 3. The number of hydrogen-bond donors (Lipinski definition) is 2. The Labute approximate surface area is 116 Å². The molecule has 1 aromatic rings. The van der Waals surface area contributed by atoms with Crippen LogP contribution in [0.4, 0.5) is 4.39 Å². The van der Waals surface area contributed by atoms with Gasteiger partial charge < -0.3 is 5.11 Å². The zero-order valence-corrected chi connectivity index (χ0v) is 12.1. The van der Waals surface area contributed by atoms with Crippen LogP contribution in [-0.4, -0.2) is 25.7 Å². The van der Waals surface area contributed by atoms with Crippen LogP contribution >= 0.6 is 11.6 Å². The highest BCUT2D eigenvalue weighted by Crippen LogP contribution is 2.41. The Bertz CT molecular complexity index is 603. The molecule has 7 heteroatoms. The van der Waals surface area contributed by atoms with Gasteiger partial charge in [-0.05, 0) is 18.6 Å². The summed E-state index contributed by atoms with van der Waals surface area (Å²) in [6, 6.07) is 3.39. The number of halogens is 2. The van der Waals surface area contributed by atoms with E-state index in [4.69, 9.17) is 11.6 Å². The Hall–Kier alpha value is -0.690. The molecule has 2 N–H and O–H groups in total. The highest BCUT2D eigenvalue weighted by atomic mass is 35.5. The number of sulfonamides is 1. The van der Waals surface area contributed by atoms with Crippen LogP contribution < -0.4 is 4.72 Å². The van der Waals surface area contributed by atoms with Gasteiger partial charge in [0.05, 0.1) is 11.1 Å². The number of aliphatic hydroxyl groups excluding tert-OH is 1. The van der Waals surface area contributed by atoms with Crippen molar-refractivity contribution in [1.29, 1.82) is 0 Å². The monoisotopic (exact) mass is 307 g/mol. The molecular formula is C12H15ClFNO3S. The van der Waals surface area contributed by atoms with Crippen LogP contribution in [0.5, 0.6) is 0 Å². The van der Waals surface area contributed by atoms with Gasteiger partial charge in [0.2, 0.25) is 10.0 Å². The molecule has 0 aromatic heterocycles. The zero-order chi connectivity index (χ0) is 14.4. The standard InChI is InChI=1S/C12H15ClFNO3S/c1-12(2)9(6-10(12)16)15-19(17,18)8-5-3-4-7(13)11(8)14/h3-5,9-10,15-16H,6H2,1-2H3. The lowest BCUT2D eigenvalue weighted by atomic mass is 9.65. The molecule has 19 heavy (non-hydrogen) atoms. The van der Waals surface area contributed by atoms with Crippen LogP contribution in [0.1, 0.15) is 20.3 Å². The second-order valence-electron chi connectivity index (χ2n) is 5.30. The Morgan fingerprint density at radius 3 is 2.63 bits per heavy atom. The third kappa shape index (κ3) is 2.50. The maximum atomic E-state index is 13.7. The first-order chi connectivity index (χ1) is 8.66. The van der Waals surface area contributed by atoms with Crippen molar-refractivity contribution in [2.75, 3.05) is 0 Å². The maximum absolute atomic E-state index is 13.7. The summed E-state index contributed by atoms with van der Waals surface area (Å²) in [6.45, 7) is 3.51. The Morgan fingerprint density at radius 1 is 1.47 bits per heavy atom. The molecule has 2 atom stereocenters. The quantitative estimate of drug-likeness (QED) is 0.896. The van der Waals surface area contributed by atoms with Crippen LogP contribution in [-0.2, 0) is 10.0 Å². The Balaban J connectivity index is 2.27. The minimum Gasteiger partial charge on any atom is -0.392 e. The zero-order valence-electron chi connectivity index (χ0n) is 10.5. The highest BCUT2D eigenvalue weighted by molar-refractivity contribution is 7.89. The molecule has 106 valence electrons. The summed E-state index contributed by atoms with van der Waals surface area (Å²) in [5.74, 6) is -0.964. The molecule has 1 saturated carbocycles. The Morgan fingerprint density at radius 2 is 2.11 bits per heavy atom. The van der Waals surface area contributed by atoms with E-state index in [-0.39, 0.29) is 5.02 Å². The van der Waals surface area contributed by atoms with Gasteiger partial charge in [-0.25, -0.2) is 17.5 Å². The molecule has 1 aromatic carbocycles. The predicted molar refractivity (Wildman–Crippen MR) is 69.9 cm³/mol. The van der Waals surface area contributed by atoms with E-state index in [1.807, 2.05) is 0 Å². The molecular weight excluding hydrogens is 293 g/mol. The van der Waals surface area contributed by atoms with E-state index >= 15 is 0 Å². The van der Waals surface area contributed by atoms with E-state index in [0.29, 0.717) is 6.42 Å². The van der Waals surface area contributed by atoms with Crippen molar-refractivity contribution in [2.24, 2.45) is 5.41 Å². The molecule has 2 unspecified atom stereocenters. The summed E-state index contributed by atoms with van der Waals surface area (Å²) in [4.78, 5) is -0.475.